The fourth-order valence-corrected chi connectivity index (χ4v) is 1.09. The van der Waals surface area contributed by atoms with Gasteiger partial charge >= 0.3 is 0 Å². The highest BCUT2D eigenvalue weighted by molar-refractivity contribution is 5.59. The Hall–Kier alpha value is -2.22. The summed E-state index contributed by atoms with van der Waals surface area (Å²) in [7, 11) is 0. The van der Waals surface area contributed by atoms with E-state index in [1.165, 1.54) is 0 Å². The summed E-state index contributed by atoms with van der Waals surface area (Å²) in [4.78, 5) is 7.86. The second-order valence-corrected chi connectivity index (χ2v) is 2.91. The average molecular weight is 210 g/mol. The Morgan fingerprint density at radius 3 is 2.00 bits per heavy atom. The van der Waals surface area contributed by atoms with Crippen LogP contribution in [0.1, 0.15) is 11.3 Å². The maximum Gasteiger partial charge on any atom is 0.0695 e. The summed E-state index contributed by atoms with van der Waals surface area (Å²) in [5.41, 5.74) is 1.91. The SMILES string of the molecule is C=Cc1cccnc1C=C.c1ccncc1. The van der Waals surface area contributed by atoms with Gasteiger partial charge in [-0.05, 0) is 29.8 Å². The maximum absolute atomic E-state index is 4.08. The number of pyridine rings is 2. The Morgan fingerprint density at radius 2 is 1.62 bits per heavy atom. The molecule has 2 heteroatoms. The highest BCUT2D eigenvalue weighted by Crippen LogP contribution is 2.06. The highest BCUT2D eigenvalue weighted by Gasteiger charge is 1.91. The fraction of sp³-hybridized carbons (Fsp3) is 0. The molecule has 0 fully saturated rings. The van der Waals surface area contributed by atoms with Crippen molar-refractivity contribution in [2.75, 3.05) is 0 Å². The van der Waals surface area contributed by atoms with E-state index in [9.17, 15) is 0 Å². The molecule has 80 valence electrons. The van der Waals surface area contributed by atoms with E-state index < -0.39 is 0 Å². The van der Waals surface area contributed by atoms with E-state index in [1.807, 2.05) is 30.3 Å². The zero-order valence-corrected chi connectivity index (χ0v) is 9.08. The molecule has 0 N–H and O–H groups in total. The Labute approximate surface area is 96.0 Å². The number of rotatable bonds is 2. The molecule has 0 aromatic carbocycles. The number of aromatic nitrogens is 2. The minimum Gasteiger partial charge on any atom is -0.265 e. The summed E-state index contributed by atoms with van der Waals surface area (Å²) in [6.07, 6.45) is 8.73. The van der Waals surface area contributed by atoms with Crippen molar-refractivity contribution in [1.29, 1.82) is 0 Å². The first-order valence-corrected chi connectivity index (χ1v) is 4.93. The lowest BCUT2D eigenvalue weighted by Crippen LogP contribution is -1.82. The van der Waals surface area contributed by atoms with Gasteiger partial charge in [-0.3, -0.25) is 9.97 Å². The molecule has 2 heterocycles. The van der Waals surface area contributed by atoms with Crippen molar-refractivity contribution in [2.45, 2.75) is 0 Å². The Balaban J connectivity index is 0.000000181. The van der Waals surface area contributed by atoms with Crippen LogP contribution in [0.25, 0.3) is 12.2 Å². The molecule has 0 aliphatic rings. The molecular weight excluding hydrogens is 196 g/mol. The van der Waals surface area contributed by atoms with Gasteiger partial charge in [0.15, 0.2) is 0 Å². The van der Waals surface area contributed by atoms with Crippen molar-refractivity contribution in [3.8, 4) is 0 Å². The van der Waals surface area contributed by atoms with Crippen molar-refractivity contribution in [1.82, 2.24) is 9.97 Å². The molecule has 0 radical (unpaired) electrons. The monoisotopic (exact) mass is 210 g/mol. The first-order chi connectivity index (χ1) is 7.88. The third-order valence-corrected chi connectivity index (χ3v) is 1.85. The largest absolute Gasteiger partial charge is 0.265 e. The van der Waals surface area contributed by atoms with E-state index in [1.54, 1.807) is 30.7 Å². The molecule has 0 spiro atoms. The smallest absolute Gasteiger partial charge is 0.0695 e. The molecule has 2 rings (SSSR count). The van der Waals surface area contributed by atoms with E-state index in [0.717, 1.165) is 11.3 Å². The van der Waals surface area contributed by atoms with Gasteiger partial charge in [0.1, 0.15) is 0 Å². The van der Waals surface area contributed by atoms with Crippen LogP contribution in [0.5, 0.6) is 0 Å². The molecule has 2 nitrogen and oxygen atoms in total. The number of hydrogen-bond acceptors (Lipinski definition) is 2. The Kier molecular flexibility index (Phi) is 5.28. The van der Waals surface area contributed by atoms with Crippen molar-refractivity contribution >= 4 is 12.2 Å². The van der Waals surface area contributed by atoms with Gasteiger partial charge in [0.05, 0.1) is 5.69 Å². The second kappa shape index (κ2) is 7.12. The fourth-order valence-electron chi connectivity index (χ4n) is 1.09. The minimum absolute atomic E-state index is 0.887. The highest BCUT2D eigenvalue weighted by atomic mass is 14.7. The molecule has 0 saturated heterocycles. The van der Waals surface area contributed by atoms with Crippen molar-refractivity contribution in [3.05, 3.63) is 73.3 Å². The first kappa shape index (κ1) is 11.9. The lowest BCUT2D eigenvalue weighted by molar-refractivity contribution is 1.28. The Morgan fingerprint density at radius 1 is 0.875 bits per heavy atom. The van der Waals surface area contributed by atoms with Crippen LogP contribution in [0, 0.1) is 0 Å². The molecule has 0 saturated carbocycles. The Bertz CT molecular complexity index is 382. The van der Waals surface area contributed by atoms with Gasteiger partial charge in [0.25, 0.3) is 0 Å². The van der Waals surface area contributed by atoms with Crippen LogP contribution in [0.2, 0.25) is 0 Å². The molecule has 0 atom stereocenters. The lowest BCUT2D eigenvalue weighted by Gasteiger charge is -1.95. The summed E-state index contributed by atoms with van der Waals surface area (Å²) in [6, 6.07) is 9.55. The van der Waals surface area contributed by atoms with E-state index >= 15 is 0 Å². The maximum atomic E-state index is 4.08. The summed E-state index contributed by atoms with van der Waals surface area (Å²) in [5.74, 6) is 0. The normalized spacial score (nSPS) is 8.50. The van der Waals surface area contributed by atoms with Crippen LogP contribution in [-0.4, -0.2) is 9.97 Å². The minimum atomic E-state index is 0.887. The zero-order chi connectivity index (χ0) is 11.6. The van der Waals surface area contributed by atoms with Crippen LogP contribution in [-0.2, 0) is 0 Å². The third-order valence-electron chi connectivity index (χ3n) is 1.85. The number of nitrogens with zero attached hydrogens (tertiary/aromatic N) is 2. The van der Waals surface area contributed by atoms with E-state index in [4.69, 9.17) is 0 Å². The first-order valence-electron chi connectivity index (χ1n) is 4.93. The molecule has 0 aliphatic heterocycles. The molecule has 2 aromatic heterocycles. The van der Waals surface area contributed by atoms with E-state index in [2.05, 4.69) is 23.1 Å². The third kappa shape index (κ3) is 3.88. The predicted octanol–water partition coefficient (Wildman–Crippen LogP) is 3.45. The van der Waals surface area contributed by atoms with Crippen LogP contribution in [0.15, 0.2) is 62.1 Å². The molecule has 2 aromatic rings. The summed E-state index contributed by atoms with van der Waals surface area (Å²) >= 11 is 0. The van der Waals surface area contributed by atoms with E-state index in [-0.39, 0.29) is 0 Å². The summed E-state index contributed by atoms with van der Waals surface area (Å²) in [6.45, 7) is 7.28. The average Bonchev–Trinajstić information content (AvgIpc) is 2.41. The van der Waals surface area contributed by atoms with Gasteiger partial charge in [0, 0.05) is 18.6 Å². The van der Waals surface area contributed by atoms with Gasteiger partial charge in [-0.25, -0.2) is 0 Å². The van der Waals surface area contributed by atoms with Crippen molar-refractivity contribution in [2.24, 2.45) is 0 Å². The van der Waals surface area contributed by atoms with Gasteiger partial charge in [0.2, 0.25) is 0 Å². The van der Waals surface area contributed by atoms with Crippen molar-refractivity contribution < 1.29 is 0 Å². The number of hydrogen-bond donors (Lipinski definition) is 0. The predicted molar refractivity (Wildman–Crippen MR) is 68.7 cm³/mol. The second-order valence-electron chi connectivity index (χ2n) is 2.91. The topological polar surface area (TPSA) is 25.8 Å². The lowest BCUT2D eigenvalue weighted by atomic mass is 10.2. The van der Waals surface area contributed by atoms with Crippen LogP contribution < -0.4 is 0 Å². The molecule has 0 amide bonds. The molecule has 16 heavy (non-hydrogen) atoms. The zero-order valence-electron chi connectivity index (χ0n) is 9.08. The van der Waals surface area contributed by atoms with Crippen LogP contribution in [0.4, 0.5) is 0 Å². The molecule has 0 aliphatic carbocycles. The quantitative estimate of drug-likeness (QED) is 0.758. The van der Waals surface area contributed by atoms with E-state index in [0.29, 0.717) is 0 Å². The molecule has 0 unspecified atom stereocenters. The van der Waals surface area contributed by atoms with Gasteiger partial charge in [-0.2, -0.15) is 0 Å². The van der Waals surface area contributed by atoms with Crippen molar-refractivity contribution in [3.63, 3.8) is 0 Å². The summed E-state index contributed by atoms with van der Waals surface area (Å²) in [5, 5.41) is 0. The van der Waals surface area contributed by atoms with Gasteiger partial charge in [-0.15, -0.1) is 0 Å². The van der Waals surface area contributed by atoms with Gasteiger partial charge < -0.3 is 0 Å². The molecule has 0 bridgehead atoms. The molecular formula is C14H14N2. The van der Waals surface area contributed by atoms with Gasteiger partial charge in [-0.1, -0.05) is 31.4 Å². The van der Waals surface area contributed by atoms with Crippen LogP contribution in [0.3, 0.4) is 0 Å². The standard InChI is InChI=1S/C9H9N.C5H5N/c1-3-8-6-5-7-10-9(8)4-2;1-2-4-6-5-3-1/h3-7H,1-2H2;1-5H. The van der Waals surface area contributed by atoms with Crippen LogP contribution >= 0.6 is 0 Å². The summed E-state index contributed by atoms with van der Waals surface area (Å²) < 4.78 is 0.